The molecule has 0 saturated carbocycles. The van der Waals surface area contributed by atoms with Gasteiger partial charge in [0.1, 0.15) is 12.4 Å². The first-order chi connectivity index (χ1) is 16.1. The van der Waals surface area contributed by atoms with Gasteiger partial charge in [0.25, 0.3) is 5.91 Å². The zero-order chi connectivity index (χ0) is 23.2. The van der Waals surface area contributed by atoms with Crippen LogP contribution in [0.5, 0.6) is 5.75 Å². The molecule has 0 spiro atoms. The Labute approximate surface area is 198 Å². The third kappa shape index (κ3) is 5.58. The van der Waals surface area contributed by atoms with Gasteiger partial charge >= 0.3 is 0 Å². The van der Waals surface area contributed by atoms with Crippen LogP contribution in [0.2, 0.25) is 0 Å². The van der Waals surface area contributed by atoms with E-state index in [0.717, 1.165) is 36.5 Å². The van der Waals surface area contributed by atoms with E-state index in [2.05, 4.69) is 40.2 Å². The molecule has 4 rings (SSSR count). The lowest BCUT2D eigenvalue weighted by molar-refractivity contribution is 0.102. The van der Waals surface area contributed by atoms with Crippen LogP contribution in [0, 0.1) is 6.92 Å². The zero-order valence-electron chi connectivity index (χ0n) is 19.2. The fourth-order valence-corrected chi connectivity index (χ4v) is 4.38. The molecule has 0 radical (unpaired) electrons. The van der Waals surface area contributed by atoms with Crippen LogP contribution >= 0.6 is 11.3 Å². The Morgan fingerprint density at radius 2 is 1.97 bits per heavy atom. The van der Waals surface area contributed by atoms with Crippen molar-refractivity contribution in [2.45, 2.75) is 27.3 Å². The van der Waals surface area contributed by atoms with Crippen molar-refractivity contribution in [1.29, 1.82) is 0 Å². The highest BCUT2D eigenvalue weighted by atomic mass is 32.1. The molecule has 0 atom stereocenters. The van der Waals surface area contributed by atoms with Crippen LogP contribution in [0.25, 0.3) is 11.0 Å². The molecular formula is C25H29N5O2S. The summed E-state index contributed by atoms with van der Waals surface area (Å²) in [7, 11) is 0. The first-order valence-electron chi connectivity index (χ1n) is 11.2. The van der Waals surface area contributed by atoms with Crippen LogP contribution in [0.3, 0.4) is 0 Å². The van der Waals surface area contributed by atoms with Gasteiger partial charge in [0.05, 0.1) is 23.7 Å². The summed E-state index contributed by atoms with van der Waals surface area (Å²) >= 11 is 1.68. The highest BCUT2D eigenvalue weighted by Gasteiger charge is 2.16. The van der Waals surface area contributed by atoms with Crippen molar-refractivity contribution in [3.63, 3.8) is 0 Å². The number of aryl methyl sites for hydroxylation is 1. The fourth-order valence-electron chi connectivity index (χ4n) is 3.69. The molecule has 33 heavy (non-hydrogen) atoms. The number of thiophene rings is 1. The number of aromatic nitrogens is 3. The summed E-state index contributed by atoms with van der Waals surface area (Å²) in [6.45, 7) is 10.4. The molecular weight excluding hydrogens is 434 g/mol. The van der Waals surface area contributed by atoms with Crippen molar-refractivity contribution >= 4 is 34.0 Å². The van der Waals surface area contributed by atoms with Crippen molar-refractivity contribution in [2.75, 3.05) is 31.6 Å². The summed E-state index contributed by atoms with van der Waals surface area (Å²) in [5.41, 5.74) is 2.77. The van der Waals surface area contributed by atoms with Crippen molar-refractivity contribution in [3.05, 3.63) is 70.2 Å². The molecule has 1 N–H and O–H groups in total. The number of amides is 1. The first-order valence-corrected chi connectivity index (χ1v) is 12.1. The molecule has 3 heterocycles. The SMILES string of the molecule is CCN(CC)CCOc1ccc(NC(=O)c2cc(C)nc3c2cnn3Cc2cccs2)cc1. The monoisotopic (exact) mass is 463 g/mol. The van der Waals surface area contributed by atoms with Crippen molar-refractivity contribution in [1.82, 2.24) is 19.7 Å². The van der Waals surface area contributed by atoms with Crippen LogP contribution in [-0.4, -0.2) is 51.8 Å². The Balaban J connectivity index is 1.45. The third-order valence-electron chi connectivity index (χ3n) is 5.55. The second kappa shape index (κ2) is 10.6. The number of hydrogen-bond acceptors (Lipinski definition) is 6. The van der Waals surface area contributed by atoms with Gasteiger partial charge in [-0.25, -0.2) is 9.67 Å². The van der Waals surface area contributed by atoms with Crippen molar-refractivity contribution in [2.24, 2.45) is 0 Å². The molecule has 0 aliphatic rings. The molecule has 0 aliphatic heterocycles. The molecule has 0 unspecified atom stereocenters. The van der Waals surface area contributed by atoms with E-state index in [9.17, 15) is 4.79 Å². The molecule has 172 valence electrons. The number of pyridine rings is 1. The van der Waals surface area contributed by atoms with Gasteiger partial charge in [-0.2, -0.15) is 5.10 Å². The van der Waals surface area contributed by atoms with Crippen LogP contribution in [-0.2, 0) is 6.54 Å². The Bertz CT molecular complexity index is 1200. The Kier molecular flexibility index (Phi) is 7.36. The van der Waals surface area contributed by atoms with Crippen LogP contribution in [0.4, 0.5) is 5.69 Å². The van der Waals surface area contributed by atoms with Gasteiger partial charge in [0, 0.05) is 22.8 Å². The van der Waals surface area contributed by atoms with E-state index in [0.29, 0.717) is 30.0 Å². The number of nitrogens with zero attached hydrogens (tertiary/aromatic N) is 4. The Hall–Kier alpha value is -3.23. The van der Waals surface area contributed by atoms with E-state index < -0.39 is 0 Å². The van der Waals surface area contributed by atoms with E-state index in [-0.39, 0.29) is 5.91 Å². The fraction of sp³-hybridized carbons (Fsp3) is 0.320. The first kappa shape index (κ1) is 22.9. The number of hydrogen-bond donors (Lipinski definition) is 1. The quantitative estimate of drug-likeness (QED) is 0.365. The lowest BCUT2D eigenvalue weighted by atomic mass is 10.1. The Morgan fingerprint density at radius 1 is 1.18 bits per heavy atom. The van der Waals surface area contributed by atoms with E-state index in [1.165, 1.54) is 4.88 Å². The van der Waals surface area contributed by atoms with E-state index in [4.69, 9.17) is 4.74 Å². The number of nitrogens with one attached hydrogen (secondary N) is 1. The van der Waals surface area contributed by atoms with Crippen molar-refractivity contribution < 1.29 is 9.53 Å². The normalized spacial score (nSPS) is 11.3. The maximum absolute atomic E-state index is 13.1. The van der Waals surface area contributed by atoms with Gasteiger partial charge in [-0.3, -0.25) is 4.79 Å². The molecule has 3 aromatic heterocycles. The minimum atomic E-state index is -0.184. The maximum Gasteiger partial charge on any atom is 0.256 e. The van der Waals surface area contributed by atoms with Gasteiger partial charge in [0.2, 0.25) is 0 Å². The summed E-state index contributed by atoms with van der Waals surface area (Å²) in [4.78, 5) is 21.2. The number of rotatable bonds is 10. The summed E-state index contributed by atoms with van der Waals surface area (Å²) in [6.07, 6.45) is 1.72. The number of likely N-dealkylation sites (N-methyl/N-ethyl adjacent to an activating group) is 1. The molecule has 1 aromatic carbocycles. The number of carbonyl (C=O) groups excluding carboxylic acids is 1. The number of carbonyl (C=O) groups is 1. The van der Waals surface area contributed by atoms with Crippen LogP contribution < -0.4 is 10.1 Å². The number of benzene rings is 1. The van der Waals surface area contributed by atoms with E-state index in [1.54, 1.807) is 23.6 Å². The molecule has 0 fully saturated rings. The zero-order valence-corrected chi connectivity index (χ0v) is 20.1. The van der Waals surface area contributed by atoms with Crippen molar-refractivity contribution in [3.8, 4) is 5.75 Å². The maximum atomic E-state index is 13.1. The summed E-state index contributed by atoms with van der Waals surface area (Å²) < 4.78 is 7.67. The molecule has 0 aliphatic carbocycles. The number of anilines is 1. The number of ether oxygens (including phenoxy) is 1. The van der Waals surface area contributed by atoms with Gasteiger partial charge in [-0.15, -0.1) is 11.3 Å². The molecule has 4 aromatic rings. The summed E-state index contributed by atoms with van der Waals surface area (Å²) in [5.74, 6) is 0.605. The minimum Gasteiger partial charge on any atom is -0.492 e. The number of fused-ring (bicyclic) bond motifs is 1. The molecule has 1 amide bonds. The molecule has 8 heteroatoms. The van der Waals surface area contributed by atoms with Crippen LogP contribution in [0.15, 0.2) is 54.0 Å². The predicted octanol–water partition coefficient (Wildman–Crippen LogP) is 4.82. The lowest BCUT2D eigenvalue weighted by Gasteiger charge is -2.18. The summed E-state index contributed by atoms with van der Waals surface area (Å²) in [5, 5.41) is 10.3. The highest BCUT2D eigenvalue weighted by Crippen LogP contribution is 2.22. The molecule has 0 saturated heterocycles. The second-order valence-electron chi connectivity index (χ2n) is 7.78. The largest absolute Gasteiger partial charge is 0.492 e. The van der Waals surface area contributed by atoms with Gasteiger partial charge in [-0.05, 0) is 61.8 Å². The molecule has 0 bridgehead atoms. The predicted molar refractivity (Wildman–Crippen MR) is 133 cm³/mol. The van der Waals surface area contributed by atoms with E-state index in [1.807, 2.05) is 47.3 Å². The average molecular weight is 464 g/mol. The average Bonchev–Trinajstić information content (AvgIpc) is 3.48. The van der Waals surface area contributed by atoms with E-state index >= 15 is 0 Å². The second-order valence-corrected chi connectivity index (χ2v) is 8.82. The molecule has 7 nitrogen and oxygen atoms in total. The smallest absolute Gasteiger partial charge is 0.256 e. The van der Waals surface area contributed by atoms with Gasteiger partial charge in [0.15, 0.2) is 5.65 Å². The Morgan fingerprint density at radius 3 is 2.67 bits per heavy atom. The third-order valence-corrected chi connectivity index (χ3v) is 6.41. The van der Waals surface area contributed by atoms with Crippen LogP contribution in [0.1, 0.15) is 34.8 Å². The van der Waals surface area contributed by atoms with Gasteiger partial charge in [-0.1, -0.05) is 19.9 Å². The standard InChI is InChI=1S/C25H29N5O2S/c1-4-29(5-2)12-13-32-20-10-8-19(9-11-20)28-25(31)22-15-18(3)27-24-23(22)16-26-30(24)17-21-7-6-14-33-21/h6-11,14-16H,4-5,12-13,17H2,1-3H3,(H,28,31). The van der Waals surface area contributed by atoms with Gasteiger partial charge < -0.3 is 15.0 Å². The lowest BCUT2D eigenvalue weighted by Crippen LogP contribution is -2.27. The summed E-state index contributed by atoms with van der Waals surface area (Å²) in [6, 6.07) is 13.4. The highest BCUT2D eigenvalue weighted by molar-refractivity contribution is 7.09. The minimum absolute atomic E-state index is 0.184. The topological polar surface area (TPSA) is 72.3 Å².